The van der Waals surface area contributed by atoms with Crippen molar-refractivity contribution in [2.24, 2.45) is 0 Å². The van der Waals surface area contributed by atoms with E-state index in [4.69, 9.17) is 0 Å². The molecule has 2 aromatic rings. The van der Waals surface area contributed by atoms with Crippen LogP contribution in [0.25, 0.3) is 5.65 Å². The van der Waals surface area contributed by atoms with E-state index in [-0.39, 0.29) is 23.8 Å². The Morgan fingerprint density at radius 1 is 1.21 bits per heavy atom. The maximum absolute atomic E-state index is 12.8. The van der Waals surface area contributed by atoms with Crippen LogP contribution < -0.4 is 10.6 Å². The van der Waals surface area contributed by atoms with Crippen molar-refractivity contribution in [2.45, 2.75) is 26.4 Å². The molecule has 2 aromatic heterocycles. The molecule has 130 valence electrons. The van der Waals surface area contributed by atoms with Gasteiger partial charge in [-0.05, 0) is 25.5 Å². The second kappa shape index (κ2) is 6.90. The number of aryl methyl sites for hydroxylation is 1. The zero-order chi connectivity index (χ0) is 17.9. The number of amides is 2. The highest BCUT2D eigenvalue weighted by Gasteiger charge is 2.31. The van der Waals surface area contributed by atoms with Gasteiger partial charge in [0.1, 0.15) is 11.3 Å². The van der Waals surface area contributed by atoms with Crippen molar-refractivity contribution in [3.8, 4) is 0 Å². The highest BCUT2D eigenvalue weighted by Crippen LogP contribution is 2.29. The molecule has 0 aromatic carbocycles. The molecule has 2 heterocycles. The third-order valence-corrected chi connectivity index (χ3v) is 3.35. The Morgan fingerprint density at radius 2 is 1.88 bits per heavy atom. The molecular weight excluding hydrogens is 325 g/mol. The number of carbonyl (C=O) groups excluding carboxylic acids is 2. The summed E-state index contributed by atoms with van der Waals surface area (Å²) >= 11 is 0. The molecule has 24 heavy (non-hydrogen) atoms. The molecule has 0 radical (unpaired) electrons. The SMILES string of the molecule is CC(=O)NCCCNC(=O)c1c(C)nc2ccc(C(F)(F)F)cn12. The Balaban J connectivity index is 2.16. The van der Waals surface area contributed by atoms with Crippen LogP contribution in [0.2, 0.25) is 0 Å². The van der Waals surface area contributed by atoms with E-state index < -0.39 is 17.6 Å². The van der Waals surface area contributed by atoms with Gasteiger partial charge in [0.15, 0.2) is 0 Å². The molecule has 2 amide bonds. The van der Waals surface area contributed by atoms with Crippen LogP contribution in [0, 0.1) is 6.92 Å². The van der Waals surface area contributed by atoms with Gasteiger partial charge in [-0.1, -0.05) is 0 Å². The van der Waals surface area contributed by atoms with E-state index >= 15 is 0 Å². The van der Waals surface area contributed by atoms with Crippen molar-refractivity contribution in [3.63, 3.8) is 0 Å². The zero-order valence-corrected chi connectivity index (χ0v) is 13.2. The number of fused-ring (bicyclic) bond motifs is 1. The molecule has 9 heteroatoms. The fourth-order valence-corrected chi connectivity index (χ4v) is 2.24. The van der Waals surface area contributed by atoms with Gasteiger partial charge in [-0.25, -0.2) is 4.98 Å². The smallest absolute Gasteiger partial charge is 0.356 e. The number of carbonyl (C=O) groups is 2. The molecule has 0 fully saturated rings. The van der Waals surface area contributed by atoms with Gasteiger partial charge in [0.2, 0.25) is 5.91 Å². The molecule has 2 N–H and O–H groups in total. The van der Waals surface area contributed by atoms with Crippen LogP contribution in [0.1, 0.15) is 35.1 Å². The van der Waals surface area contributed by atoms with Gasteiger partial charge in [-0.15, -0.1) is 0 Å². The lowest BCUT2D eigenvalue weighted by Crippen LogP contribution is -2.30. The highest BCUT2D eigenvalue weighted by atomic mass is 19.4. The standard InChI is InChI=1S/C15H17F3N4O2/c1-9-13(14(24)20-7-3-6-19-10(2)23)22-8-11(15(16,17)18)4-5-12(22)21-9/h4-5,8H,3,6-7H2,1-2H3,(H,19,23)(H,20,24). The van der Waals surface area contributed by atoms with E-state index in [1.165, 1.54) is 13.0 Å². The van der Waals surface area contributed by atoms with Crippen molar-refractivity contribution in [1.82, 2.24) is 20.0 Å². The first-order valence-corrected chi connectivity index (χ1v) is 7.28. The Morgan fingerprint density at radius 3 is 2.50 bits per heavy atom. The maximum Gasteiger partial charge on any atom is 0.417 e. The molecule has 6 nitrogen and oxygen atoms in total. The van der Waals surface area contributed by atoms with Gasteiger partial charge >= 0.3 is 6.18 Å². The monoisotopic (exact) mass is 342 g/mol. The first-order chi connectivity index (χ1) is 11.2. The Bertz CT molecular complexity index is 768. The molecule has 0 aliphatic rings. The van der Waals surface area contributed by atoms with E-state index in [1.54, 1.807) is 6.92 Å². The van der Waals surface area contributed by atoms with E-state index in [0.29, 0.717) is 18.7 Å². The van der Waals surface area contributed by atoms with Crippen molar-refractivity contribution in [1.29, 1.82) is 0 Å². The normalized spacial score (nSPS) is 11.5. The summed E-state index contributed by atoms with van der Waals surface area (Å²) in [6, 6.07) is 2.15. The number of aromatic nitrogens is 2. The minimum Gasteiger partial charge on any atom is -0.356 e. The predicted octanol–water partition coefficient (Wildman–Crippen LogP) is 1.92. The number of halogens is 3. The number of nitrogens with zero attached hydrogens (tertiary/aromatic N) is 2. The van der Waals surface area contributed by atoms with Crippen molar-refractivity contribution in [2.75, 3.05) is 13.1 Å². The summed E-state index contributed by atoms with van der Waals surface area (Å²) in [6.45, 7) is 3.63. The van der Waals surface area contributed by atoms with Gasteiger partial charge in [0.05, 0.1) is 11.3 Å². The lowest BCUT2D eigenvalue weighted by Gasteiger charge is -2.09. The third kappa shape index (κ3) is 4.03. The van der Waals surface area contributed by atoms with Crippen LogP contribution >= 0.6 is 0 Å². The molecule has 2 rings (SSSR count). The zero-order valence-electron chi connectivity index (χ0n) is 13.2. The highest BCUT2D eigenvalue weighted by molar-refractivity contribution is 5.94. The summed E-state index contributed by atoms with van der Waals surface area (Å²) in [4.78, 5) is 27.1. The lowest BCUT2D eigenvalue weighted by molar-refractivity contribution is -0.137. The summed E-state index contributed by atoms with van der Waals surface area (Å²) in [5.41, 5.74) is -0.180. The van der Waals surface area contributed by atoms with Crippen LogP contribution in [0.5, 0.6) is 0 Å². The van der Waals surface area contributed by atoms with Crippen LogP contribution in [-0.2, 0) is 11.0 Å². The summed E-state index contributed by atoms with van der Waals surface area (Å²) in [5, 5.41) is 5.20. The predicted molar refractivity (Wildman–Crippen MR) is 80.6 cm³/mol. The van der Waals surface area contributed by atoms with Crippen LogP contribution in [0.4, 0.5) is 13.2 Å². The summed E-state index contributed by atoms with van der Waals surface area (Å²) in [6.07, 6.45) is -3.13. The van der Waals surface area contributed by atoms with Crippen molar-refractivity contribution in [3.05, 3.63) is 35.3 Å². The molecule has 0 aliphatic heterocycles. The maximum atomic E-state index is 12.8. The van der Waals surface area contributed by atoms with E-state index in [1.807, 2.05) is 0 Å². The Kier molecular flexibility index (Phi) is 5.10. The van der Waals surface area contributed by atoms with Crippen molar-refractivity contribution >= 4 is 17.5 Å². The number of alkyl halides is 3. The number of rotatable bonds is 5. The van der Waals surface area contributed by atoms with Gasteiger partial charge in [-0.2, -0.15) is 13.2 Å². The number of imidazole rings is 1. The minimum atomic E-state index is -4.50. The van der Waals surface area contributed by atoms with E-state index in [9.17, 15) is 22.8 Å². The molecule has 0 aliphatic carbocycles. The van der Waals surface area contributed by atoms with Crippen LogP contribution in [0.3, 0.4) is 0 Å². The molecule has 0 atom stereocenters. The van der Waals surface area contributed by atoms with E-state index in [0.717, 1.165) is 16.7 Å². The second-order valence-corrected chi connectivity index (χ2v) is 5.28. The fourth-order valence-electron chi connectivity index (χ4n) is 2.24. The Hall–Kier alpha value is -2.58. The van der Waals surface area contributed by atoms with Gasteiger partial charge in [0.25, 0.3) is 5.91 Å². The van der Waals surface area contributed by atoms with Gasteiger partial charge < -0.3 is 10.6 Å². The molecular formula is C15H17F3N4O2. The molecule has 0 spiro atoms. The molecule has 0 saturated heterocycles. The first kappa shape index (κ1) is 17.8. The summed E-state index contributed by atoms with van der Waals surface area (Å²) in [5.74, 6) is -0.680. The summed E-state index contributed by atoms with van der Waals surface area (Å²) < 4.78 is 39.7. The minimum absolute atomic E-state index is 0.0654. The van der Waals surface area contributed by atoms with Gasteiger partial charge in [0, 0.05) is 26.2 Å². The topological polar surface area (TPSA) is 75.5 Å². The first-order valence-electron chi connectivity index (χ1n) is 7.28. The number of hydrogen-bond acceptors (Lipinski definition) is 3. The number of pyridine rings is 1. The fraction of sp³-hybridized carbons (Fsp3) is 0.400. The largest absolute Gasteiger partial charge is 0.417 e. The molecule has 0 saturated carbocycles. The average molecular weight is 342 g/mol. The lowest BCUT2D eigenvalue weighted by atomic mass is 10.2. The quantitative estimate of drug-likeness (QED) is 0.815. The Labute approximate surface area is 136 Å². The van der Waals surface area contributed by atoms with E-state index in [2.05, 4.69) is 15.6 Å². The average Bonchev–Trinajstić information content (AvgIpc) is 2.80. The van der Waals surface area contributed by atoms with Crippen molar-refractivity contribution < 1.29 is 22.8 Å². The third-order valence-electron chi connectivity index (χ3n) is 3.35. The van der Waals surface area contributed by atoms with Gasteiger partial charge in [-0.3, -0.25) is 14.0 Å². The number of hydrogen-bond donors (Lipinski definition) is 2. The molecule has 0 unspecified atom stereocenters. The van der Waals surface area contributed by atoms with Crippen LogP contribution in [0.15, 0.2) is 18.3 Å². The number of nitrogens with one attached hydrogen (secondary N) is 2. The van der Waals surface area contributed by atoms with Crippen LogP contribution in [-0.4, -0.2) is 34.3 Å². The summed E-state index contributed by atoms with van der Waals surface area (Å²) in [7, 11) is 0. The molecule has 0 bridgehead atoms. The second-order valence-electron chi connectivity index (χ2n) is 5.28.